The molecule has 0 bridgehead atoms. The van der Waals surface area contributed by atoms with E-state index in [-0.39, 0.29) is 11.7 Å². The smallest absolute Gasteiger partial charge is 0.330 e. The van der Waals surface area contributed by atoms with Crippen molar-refractivity contribution in [3.63, 3.8) is 0 Å². The van der Waals surface area contributed by atoms with Crippen molar-refractivity contribution in [3.05, 3.63) is 38.7 Å². The number of hydrogen-bond donors (Lipinski definition) is 1. The molecule has 6 nitrogen and oxygen atoms in total. The molecule has 2 heterocycles. The number of nitrogens with one attached hydrogen (secondary N) is 1. The summed E-state index contributed by atoms with van der Waals surface area (Å²) in [6, 6.07) is 4.14. The molecule has 2 aromatic rings. The molecular weight excluding hydrogens is 252 g/mol. The van der Waals surface area contributed by atoms with Gasteiger partial charge in [-0.2, -0.15) is 0 Å². The van der Waals surface area contributed by atoms with E-state index in [0.29, 0.717) is 5.82 Å². The summed E-state index contributed by atoms with van der Waals surface area (Å²) in [5, 5.41) is 20.0. The summed E-state index contributed by atoms with van der Waals surface area (Å²) in [6.07, 6.45) is 2.23. The number of aryl methyl sites for hydroxylation is 1. The zero-order chi connectivity index (χ0) is 13.1. The van der Waals surface area contributed by atoms with E-state index >= 15 is 0 Å². The summed E-state index contributed by atoms with van der Waals surface area (Å²) in [6.45, 7) is 1.98. The molecule has 1 atom stereocenters. The normalized spacial score (nSPS) is 12.3. The lowest BCUT2D eigenvalue weighted by molar-refractivity contribution is -0.384. The Morgan fingerprint density at radius 1 is 1.67 bits per heavy atom. The highest BCUT2D eigenvalue weighted by Crippen LogP contribution is 2.23. The third kappa shape index (κ3) is 2.86. The van der Waals surface area contributed by atoms with Crippen LogP contribution in [0, 0.1) is 10.1 Å². The Morgan fingerprint density at radius 3 is 3.06 bits per heavy atom. The van der Waals surface area contributed by atoms with Crippen molar-refractivity contribution in [2.24, 2.45) is 7.05 Å². The molecule has 0 aliphatic carbocycles. The van der Waals surface area contributed by atoms with Gasteiger partial charge in [-0.3, -0.25) is 14.8 Å². The summed E-state index contributed by atoms with van der Waals surface area (Å²) >= 11 is 1.68. The van der Waals surface area contributed by atoms with Gasteiger partial charge in [-0.05, 0) is 18.4 Å². The SMILES string of the molecule is CC(Cc1cccs1)Nc1nn(C)cc1[N+](=O)[O-]. The maximum absolute atomic E-state index is 10.8. The number of nitro groups is 1. The fraction of sp³-hybridized carbons (Fsp3) is 0.364. The Morgan fingerprint density at radius 2 is 2.44 bits per heavy atom. The summed E-state index contributed by atoms with van der Waals surface area (Å²) in [5.74, 6) is 0.326. The van der Waals surface area contributed by atoms with Crippen LogP contribution in [0.25, 0.3) is 0 Å². The zero-order valence-corrected chi connectivity index (χ0v) is 11.0. The van der Waals surface area contributed by atoms with Crippen LogP contribution in [0.15, 0.2) is 23.7 Å². The molecule has 1 N–H and O–H groups in total. The first kappa shape index (κ1) is 12.6. The van der Waals surface area contributed by atoms with Crippen molar-refractivity contribution in [2.45, 2.75) is 19.4 Å². The van der Waals surface area contributed by atoms with Crippen molar-refractivity contribution in [1.82, 2.24) is 9.78 Å². The molecule has 0 saturated heterocycles. The topological polar surface area (TPSA) is 73.0 Å². The van der Waals surface area contributed by atoms with Crippen LogP contribution in [0.2, 0.25) is 0 Å². The lowest BCUT2D eigenvalue weighted by Gasteiger charge is -2.11. The van der Waals surface area contributed by atoms with Crippen molar-refractivity contribution in [2.75, 3.05) is 5.32 Å². The molecule has 0 saturated carbocycles. The number of anilines is 1. The highest BCUT2D eigenvalue weighted by atomic mass is 32.1. The Bertz CT molecular complexity index is 535. The zero-order valence-electron chi connectivity index (χ0n) is 10.2. The van der Waals surface area contributed by atoms with Crippen LogP contribution in [-0.2, 0) is 13.5 Å². The largest absolute Gasteiger partial charge is 0.360 e. The molecule has 0 fully saturated rings. The summed E-state index contributed by atoms with van der Waals surface area (Å²) in [7, 11) is 1.67. The van der Waals surface area contributed by atoms with Gasteiger partial charge in [0.1, 0.15) is 6.20 Å². The first-order valence-electron chi connectivity index (χ1n) is 5.53. The highest BCUT2D eigenvalue weighted by molar-refractivity contribution is 7.09. The van der Waals surface area contributed by atoms with Gasteiger partial charge in [0, 0.05) is 24.4 Å². The number of nitrogens with zero attached hydrogens (tertiary/aromatic N) is 3. The fourth-order valence-corrected chi connectivity index (χ4v) is 2.56. The molecule has 1 unspecified atom stereocenters. The predicted octanol–water partition coefficient (Wildman–Crippen LogP) is 2.43. The van der Waals surface area contributed by atoms with Gasteiger partial charge in [0.05, 0.1) is 4.92 Å². The van der Waals surface area contributed by atoms with Crippen LogP contribution in [0.1, 0.15) is 11.8 Å². The Balaban J connectivity index is 2.06. The quantitative estimate of drug-likeness (QED) is 0.666. The van der Waals surface area contributed by atoms with Gasteiger partial charge >= 0.3 is 5.69 Å². The second-order valence-electron chi connectivity index (χ2n) is 4.12. The average molecular weight is 266 g/mol. The molecule has 18 heavy (non-hydrogen) atoms. The Hall–Kier alpha value is -1.89. The molecule has 0 aromatic carbocycles. The summed E-state index contributed by atoms with van der Waals surface area (Å²) in [4.78, 5) is 11.7. The van der Waals surface area contributed by atoms with Crippen LogP contribution < -0.4 is 5.32 Å². The minimum Gasteiger partial charge on any atom is -0.360 e. The maximum atomic E-state index is 10.8. The molecule has 2 aromatic heterocycles. The van der Waals surface area contributed by atoms with E-state index in [2.05, 4.69) is 16.5 Å². The minimum absolute atomic E-state index is 0.00975. The van der Waals surface area contributed by atoms with Gasteiger partial charge in [-0.25, -0.2) is 0 Å². The standard InChI is InChI=1S/C11H14N4O2S/c1-8(6-9-4-3-5-18-9)12-11-10(15(16)17)7-14(2)13-11/h3-5,7-8H,6H2,1-2H3,(H,12,13). The van der Waals surface area contributed by atoms with Gasteiger partial charge < -0.3 is 5.32 Å². The number of hydrogen-bond acceptors (Lipinski definition) is 5. The monoisotopic (exact) mass is 266 g/mol. The van der Waals surface area contributed by atoms with E-state index in [4.69, 9.17) is 0 Å². The van der Waals surface area contributed by atoms with E-state index in [1.54, 1.807) is 18.4 Å². The van der Waals surface area contributed by atoms with Gasteiger partial charge in [0.25, 0.3) is 0 Å². The third-order valence-electron chi connectivity index (χ3n) is 2.48. The van der Waals surface area contributed by atoms with E-state index in [0.717, 1.165) is 6.42 Å². The second-order valence-corrected chi connectivity index (χ2v) is 5.15. The van der Waals surface area contributed by atoms with E-state index in [9.17, 15) is 10.1 Å². The minimum atomic E-state index is -0.423. The summed E-state index contributed by atoms with van der Waals surface area (Å²) < 4.78 is 1.44. The maximum Gasteiger partial charge on any atom is 0.330 e. The first-order valence-corrected chi connectivity index (χ1v) is 6.41. The Kier molecular flexibility index (Phi) is 3.61. The van der Waals surface area contributed by atoms with Crippen LogP contribution in [0.3, 0.4) is 0 Å². The highest BCUT2D eigenvalue weighted by Gasteiger charge is 2.19. The van der Waals surface area contributed by atoms with E-state index in [1.807, 2.05) is 18.4 Å². The number of rotatable bonds is 5. The second kappa shape index (κ2) is 5.18. The van der Waals surface area contributed by atoms with Gasteiger partial charge in [0.2, 0.25) is 5.82 Å². The van der Waals surface area contributed by atoms with Crippen LogP contribution >= 0.6 is 11.3 Å². The lowest BCUT2D eigenvalue weighted by atomic mass is 10.2. The molecule has 0 radical (unpaired) electrons. The number of aromatic nitrogens is 2. The van der Waals surface area contributed by atoms with Crippen molar-refractivity contribution in [1.29, 1.82) is 0 Å². The molecule has 0 aliphatic heterocycles. The van der Waals surface area contributed by atoms with Gasteiger partial charge in [-0.15, -0.1) is 16.4 Å². The molecule has 0 spiro atoms. The van der Waals surface area contributed by atoms with Crippen LogP contribution in [0.4, 0.5) is 11.5 Å². The fourth-order valence-electron chi connectivity index (χ4n) is 1.73. The van der Waals surface area contributed by atoms with Gasteiger partial charge in [-0.1, -0.05) is 6.07 Å². The molecule has 2 rings (SSSR count). The van der Waals surface area contributed by atoms with Crippen molar-refractivity contribution in [3.8, 4) is 0 Å². The van der Waals surface area contributed by atoms with Crippen molar-refractivity contribution >= 4 is 22.8 Å². The first-order chi connectivity index (χ1) is 8.56. The molecule has 7 heteroatoms. The summed E-state index contributed by atoms with van der Waals surface area (Å²) in [5.41, 5.74) is 0.00975. The Labute approximate surface area is 108 Å². The van der Waals surface area contributed by atoms with Gasteiger partial charge in [0.15, 0.2) is 0 Å². The van der Waals surface area contributed by atoms with Crippen LogP contribution in [0.5, 0.6) is 0 Å². The average Bonchev–Trinajstić information content (AvgIpc) is 2.88. The molecule has 0 aliphatic rings. The van der Waals surface area contributed by atoms with E-state index < -0.39 is 4.92 Å². The molecular formula is C11H14N4O2S. The van der Waals surface area contributed by atoms with E-state index in [1.165, 1.54) is 15.8 Å². The van der Waals surface area contributed by atoms with Crippen LogP contribution in [-0.4, -0.2) is 20.7 Å². The third-order valence-corrected chi connectivity index (χ3v) is 3.38. The molecule has 96 valence electrons. The molecule has 0 amide bonds. The number of thiophene rings is 1. The van der Waals surface area contributed by atoms with Crippen molar-refractivity contribution < 1.29 is 4.92 Å². The predicted molar refractivity (Wildman–Crippen MR) is 71.0 cm³/mol. The lowest BCUT2D eigenvalue weighted by Crippen LogP contribution is -2.18.